The number of amides is 2. The molecule has 34 heavy (non-hydrogen) atoms. The van der Waals surface area contributed by atoms with E-state index in [1.54, 1.807) is 32.9 Å². The highest BCUT2D eigenvalue weighted by Crippen LogP contribution is 2.53. The summed E-state index contributed by atoms with van der Waals surface area (Å²) in [5.74, 6) is -0.646. The molecule has 0 aromatic heterocycles. The van der Waals surface area contributed by atoms with Gasteiger partial charge in [-0.1, -0.05) is 23.7 Å². The summed E-state index contributed by atoms with van der Waals surface area (Å²) in [7, 11) is 0. The minimum Gasteiger partial charge on any atom is -0.391 e. The van der Waals surface area contributed by atoms with Gasteiger partial charge in [-0.25, -0.2) is 0 Å². The molecule has 184 valence electrons. The molecule has 2 heterocycles. The summed E-state index contributed by atoms with van der Waals surface area (Å²) in [4.78, 5) is 42.6. The smallest absolute Gasteiger partial charge is 0.246 e. The predicted molar refractivity (Wildman–Crippen MR) is 128 cm³/mol. The number of benzene rings is 1. The van der Waals surface area contributed by atoms with Crippen LogP contribution >= 0.6 is 11.6 Å². The van der Waals surface area contributed by atoms with Crippen molar-refractivity contribution in [3.8, 4) is 0 Å². The van der Waals surface area contributed by atoms with Crippen LogP contribution in [0.15, 0.2) is 30.3 Å². The number of halogens is 1. The van der Waals surface area contributed by atoms with E-state index in [0.717, 1.165) is 24.8 Å². The van der Waals surface area contributed by atoms with Crippen LogP contribution in [0.5, 0.6) is 0 Å². The van der Waals surface area contributed by atoms with E-state index in [2.05, 4.69) is 0 Å². The van der Waals surface area contributed by atoms with Gasteiger partial charge in [0.15, 0.2) is 12.0 Å². The monoisotopic (exact) mass is 489 g/mol. The van der Waals surface area contributed by atoms with Crippen molar-refractivity contribution in [3.63, 3.8) is 0 Å². The maximum atomic E-state index is 12.6. The van der Waals surface area contributed by atoms with Gasteiger partial charge in [-0.2, -0.15) is 0 Å². The van der Waals surface area contributed by atoms with Gasteiger partial charge in [0.25, 0.3) is 0 Å². The molecule has 1 aliphatic carbocycles. The summed E-state index contributed by atoms with van der Waals surface area (Å²) in [5, 5.41) is 21.4. The first-order chi connectivity index (χ1) is 16.3. The third-order valence-corrected chi connectivity index (χ3v) is 7.57. The number of β-amino-alcohol motifs (C(OH)–C–C–N with tert-alkyl or cyclic N) is 1. The number of carbonyl (C=O) groups excluding carboxylic acids is 3. The Labute approximate surface area is 204 Å². The van der Waals surface area contributed by atoms with Gasteiger partial charge < -0.3 is 20.0 Å². The van der Waals surface area contributed by atoms with E-state index >= 15 is 0 Å². The van der Waals surface area contributed by atoms with Crippen molar-refractivity contribution < 1.29 is 24.6 Å². The molecular weight excluding hydrogens is 458 g/mol. The zero-order chi connectivity index (χ0) is 24.3. The standard InChI is InChI=1S/C25H32ClN3O5/c26-19-3-1-2-18(16-19)4-5-22(32)28-12-7-23(33)27(14-15-28)11-6-20(30)24(34)29-13-10-25(8-9-25)21(31)17-29/h1-5,16,21,24,31,34H,6-15,17H2/b5-4+/t21-,24?/m1/s1. The minimum atomic E-state index is -1.26. The highest BCUT2D eigenvalue weighted by Gasteiger charge is 2.52. The zero-order valence-corrected chi connectivity index (χ0v) is 20.0. The van der Waals surface area contributed by atoms with E-state index in [0.29, 0.717) is 37.7 Å². The van der Waals surface area contributed by atoms with E-state index in [1.165, 1.54) is 6.08 Å². The van der Waals surface area contributed by atoms with E-state index in [9.17, 15) is 24.6 Å². The SMILES string of the molecule is O=C(CCN1CCN(C(=O)/C=C/c2cccc(Cl)c2)CCC1=O)C(O)N1CCC2(CC2)[C@H](O)C1. The minimum absolute atomic E-state index is 0.00434. The fraction of sp³-hybridized carbons (Fsp3) is 0.560. The van der Waals surface area contributed by atoms with Gasteiger partial charge in [-0.15, -0.1) is 0 Å². The maximum Gasteiger partial charge on any atom is 0.246 e. The van der Waals surface area contributed by atoms with Crippen LogP contribution in [-0.2, 0) is 14.4 Å². The van der Waals surface area contributed by atoms with Crippen LogP contribution in [0.4, 0.5) is 0 Å². The number of hydrogen-bond acceptors (Lipinski definition) is 6. The lowest BCUT2D eigenvalue weighted by Crippen LogP contribution is -2.52. The lowest BCUT2D eigenvalue weighted by atomic mass is 9.90. The molecule has 2 amide bonds. The molecule has 2 N–H and O–H groups in total. The van der Waals surface area contributed by atoms with Crippen LogP contribution in [0.25, 0.3) is 6.08 Å². The van der Waals surface area contributed by atoms with Crippen LogP contribution in [0.2, 0.25) is 5.02 Å². The molecule has 0 radical (unpaired) electrons. The molecule has 9 heteroatoms. The molecule has 3 fully saturated rings. The molecule has 2 atom stereocenters. The number of piperidine rings is 1. The highest BCUT2D eigenvalue weighted by molar-refractivity contribution is 6.30. The molecule has 1 saturated carbocycles. The van der Waals surface area contributed by atoms with Crippen molar-refractivity contribution in [1.29, 1.82) is 0 Å². The Kier molecular flexibility index (Phi) is 7.72. The van der Waals surface area contributed by atoms with Gasteiger partial charge in [0.2, 0.25) is 11.8 Å². The average Bonchev–Trinajstić information content (AvgIpc) is 3.63. The van der Waals surface area contributed by atoms with Crippen LogP contribution in [0, 0.1) is 5.41 Å². The van der Waals surface area contributed by atoms with Crippen molar-refractivity contribution in [2.24, 2.45) is 5.41 Å². The average molecular weight is 490 g/mol. The second-order valence-corrected chi connectivity index (χ2v) is 9.99. The Balaban J connectivity index is 1.24. The van der Waals surface area contributed by atoms with E-state index in [-0.39, 0.29) is 42.4 Å². The van der Waals surface area contributed by atoms with Crippen molar-refractivity contribution in [3.05, 3.63) is 40.9 Å². The van der Waals surface area contributed by atoms with Crippen molar-refractivity contribution >= 4 is 35.3 Å². The molecule has 4 rings (SSSR count). The molecule has 1 aromatic carbocycles. The van der Waals surface area contributed by atoms with E-state index < -0.39 is 12.3 Å². The Morgan fingerprint density at radius 2 is 1.97 bits per heavy atom. The Morgan fingerprint density at radius 3 is 2.68 bits per heavy atom. The van der Waals surface area contributed by atoms with Crippen molar-refractivity contribution in [2.75, 3.05) is 39.3 Å². The number of aliphatic hydroxyl groups excluding tert-OH is 2. The van der Waals surface area contributed by atoms with Gasteiger partial charge >= 0.3 is 0 Å². The Hall–Kier alpha value is -2.26. The number of rotatable bonds is 7. The van der Waals surface area contributed by atoms with Crippen molar-refractivity contribution in [2.45, 2.75) is 44.4 Å². The number of aliphatic hydroxyl groups is 2. The van der Waals surface area contributed by atoms with Gasteiger partial charge in [0, 0.05) is 63.2 Å². The second kappa shape index (κ2) is 10.6. The maximum absolute atomic E-state index is 12.6. The zero-order valence-electron chi connectivity index (χ0n) is 19.2. The molecule has 1 aromatic rings. The summed E-state index contributed by atoms with van der Waals surface area (Å²) in [6.07, 6.45) is 4.44. The summed E-state index contributed by atoms with van der Waals surface area (Å²) in [6, 6.07) is 7.19. The number of carbonyl (C=O) groups is 3. The van der Waals surface area contributed by atoms with Crippen LogP contribution < -0.4 is 0 Å². The first kappa shape index (κ1) is 24.9. The molecular formula is C25H32ClN3O5. The van der Waals surface area contributed by atoms with Gasteiger partial charge in [-0.05, 0) is 48.4 Å². The Morgan fingerprint density at radius 1 is 1.18 bits per heavy atom. The van der Waals surface area contributed by atoms with Crippen molar-refractivity contribution in [1.82, 2.24) is 14.7 Å². The molecule has 8 nitrogen and oxygen atoms in total. The number of likely N-dealkylation sites (tertiary alicyclic amines) is 1. The highest BCUT2D eigenvalue weighted by atomic mass is 35.5. The Bertz CT molecular complexity index is 964. The molecule has 2 aliphatic heterocycles. The molecule has 3 aliphatic rings. The van der Waals surface area contributed by atoms with Crippen LogP contribution in [0.1, 0.15) is 37.7 Å². The number of Topliss-reactive ketones (excluding diaryl/α,β-unsaturated/α-hetero) is 1. The largest absolute Gasteiger partial charge is 0.391 e. The van der Waals surface area contributed by atoms with Crippen LogP contribution in [0.3, 0.4) is 0 Å². The third-order valence-electron chi connectivity index (χ3n) is 7.33. The number of hydrogen-bond donors (Lipinski definition) is 2. The fourth-order valence-electron chi connectivity index (χ4n) is 4.79. The number of ketones is 1. The van der Waals surface area contributed by atoms with Crippen LogP contribution in [-0.4, -0.2) is 94.1 Å². The second-order valence-electron chi connectivity index (χ2n) is 9.56. The predicted octanol–water partition coefficient (Wildman–Crippen LogP) is 1.54. The van der Waals surface area contributed by atoms with E-state index in [1.807, 2.05) is 12.1 Å². The normalized spacial score (nSPS) is 23.9. The van der Waals surface area contributed by atoms with Gasteiger partial charge in [-0.3, -0.25) is 19.3 Å². The molecule has 2 saturated heterocycles. The summed E-state index contributed by atoms with van der Waals surface area (Å²) >= 11 is 5.97. The number of nitrogens with zero attached hydrogens (tertiary/aromatic N) is 3. The third kappa shape index (κ3) is 5.86. The van der Waals surface area contributed by atoms with Gasteiger partial charge in [0.1, 0.15) is 0 Å². The molecule has 1 spiro atoms. The molecule has 1 unspecified atom stereocenters. The lowest BCUT2D eigenvalue weighted by molar-refractivity contribution is -0.143. The lowest BCUT2D eigenvalue weighted by Gasteiger charge is -2.38. The summed E-state index contributed by atoms with van der Waals surface area (Å²) < 4.78 is 0. The molecule has 0 bridgehead atoms. The van der Waals surface area contributed by atoms with E-state index in [4.69, 9.17) is 11.6 Å². The van der Waals surface area contributed by atoms with Gasteiger partial charge in [0.05, 0.1) is 6.10 Å². The topological polar surface area (TPSA) is 101 Å². The first-order valence-corrected chi connectivity index (χ1v) is 12.3. The fourth-order valence-corrected chi connectivity index (χ4v) is 4.99. The quantitative estimate of drug-likeness (QED) is 0.563. The summed E-state index contributed by atoms with van der Waals surface area (Å²) in [5.41, 5.74) is 0.823. The first-order valence-electron chi connectivity index (χ1n) is 11.9. The summed E-state index contributed by atoms with van der Waals surface area (Å²) in [6.45, 7) is 2.13.